The fourth-order valence-electron chi connectivity index (χ4n) is 0.910. The van der Waals surface area contributed by atoms with Crippen molar-refractivity contribution < 1.29 is 17.6 Å². The highest BCUT2D eigenvalue weighted by Gasteiger charge is 2.16. The van der Waals surface area contributed by atoms with Crippen LogP contribution >= 0.6 is 0 Å². The van der Waals surface area contributed by atoms with E-state index in [1.165, 1.54) is 6.92 Å². The zero-order chi connectivity index (χ0) is 9.30. The largest absolute Gasteiger partial charge is 0.266 e. The minimum absolute atomic E-state index is 0.106. The van der Waals surface area contributed by atoms with Crippen molar-refractivity contribution in [1.82, 2.24) is 0 Å². The molecular formula is C8H6F4. The lowest BCUT2D eigenvalue weighted by Crippen LogP contribution is -1.95. The molecule has 66 valence electrons. The lowest BCUT2D eigenvalue weighted by atomic mass is 10.1. The second kappa shape index (κ2) is 3.13. The molecular weight excluding hydrogens is 172 g/mol. The van der Waals surface area contributed by atoms with Crippen LogP contribution in [0.15, 0.2) is 12.1 Å². The maximum Gasteiger partial charge on any atom is 0.266 e. The summed E-state index contributed by atoms with van der Waals surface area (Å²) in [6.07, 6.45) is -2.97. The second-order valence-electron chi connectivity index (χ2n) is 2.43. The van der Waals surface area contributed by atoms with Gasteiger partial charge in [-0.15, -0.1) is 0 Å². The van der Waals surface area contributed by atoms with E-state index in [1.54, 1.807) is 0 Å². The van der Waals surface area contributed by atoms with Crippen LogP contribution in [0.1, 0.15) is 17.6 Å². The zero-order valence-electron chi connectivity index (χ0n) is 6.24. The van der Waals surface area contributed by atoms with Gasteiger partial charge in [-0.25, -0.2) is 17.6 Å². The van der Waals surface area contributed by atoms with Crippen LogP contribution in [0.5, 0.6) is 0 Å². The molecule has 0 bridgehead atoms. The van der Waals surface area contributed by atoms with Gasteiger partial charge < -0.3 is 0 Å². The Hall–Kier alpha value is -1.06. The lowest BCUT2D eigenvalue weighted by Gasteiger charge is -2.03. The Morgan fingerprint density at radius 1 is 1.17 bits per heavy atom. The van der Waals surface area contributed by atoms with Crippen molar-refractivity contribution in [3.8, 4) is 0 Å². The van der Waals surface area contributed by atoms with Crippen LogP contribution in [0, 0.1) is 18.6 Å². The predicted molar refractivity (Wildman–Crippen MR) is 36.1 cm³/mol. The summed E-state index contributed by atoms with van der Waals surface area (Å²) in [6, 6.07) is 1.38. The highest BCUT2D eigenvalue weighted by atomic mass is 19.3. The van der Waals surface area contributed by atoms with Crippen LogP contribution in [-0.2, 0) is 0 Å². The van der Waals surface area contributed by atoms with Gasteiger partial charge in [-0.2, -0.15) is 0 Å². The summed E-state index contributed by atoms with van der Waals surface area (Å²) in [6.45, 7) is 1.24. The molecule has 0 spiro atoms. The first-order valence-corrected chi connectivity index (χ1v) is 3.26. The predicted octanol–water partition coefficient (Wildman–Crippen LogP) is 3.21. The third-order valence-electron chi connectivity index (χ3n) is 1.48. The number of benzene rings is 1. The monoisotopic (exact) mass is 178 g/mol. The van der Waals surface area contributed by atoms with E-state index in [2.05, 4.69) is 0 Å². The summed E-state index contributed by atoms with van der Waals surface area (Å²) in [5.74, 6) is -1.88. The average molecular weight is 178 g/mol. The van der Waals surface area contributed by atoms with Crippen molar-refractivity contribution in [2.45, 2.75) is 13.3 Å². The van der Waals surface area contributed by atoms with Gasteiger partial charge in [0.15, 0.2) is 0 Å². The fourth-order valence-corrected chi connectivity index (χ4v) is 0.910. The van der Waals surface area contributed by atoms with Crippen molar-refractivity contribution in [2.75, 3.05) is 0 Å². The van der Waals surface area contributed by atoms with Crippen LogP contribution in [-0.4, -0.2) is 0 Å². The molecule has 0 amide bonds. The quantitative estimate of drug-likeness (QED) is 0.579. The third kappa shape index (κ3) is 1.57. The van der Waals surface area contributed by atoms with E-state index in [0.29, 0.717) is 6.07 Å². The van der Waals surface area contributed by atoms with E-state index in [9.17, 15) is 17.6 Å². The molecule has 0 aliphatic heterocycles. The van der Waals surface area contributed by atoms with Gasteiger partial charge in [-0.05, 0) is 24.6 Å². The van der Waals surface area contributed by atoms with Crippen LogP contribution in [0.2, 0.25) is 0 Å². The Morgan fingerprint density at radius 3 is 2.25 bits per heavy atom. The Balaban J connectivity index is 3.28. The summed E-state index contributed by atoms with van der Waals surface area (Å²) < 4.78 is 49.2. The first-order valence-electron chi connectivity index (χ1n) is 3.26. The van der Waals surface area contributed by atoms with Gasteiger partial charge in [0, 0.05) is 0 Å². The fraction of sp³-hybridized carbons (Fsp3) is 0.250. The molecule has 1 aromatic rings. The van der Waals surface area contributed by atoms with Crippen molar-refractivity contribution in [3.05, 3.63) is 34.9 Å². The van der Waals surface area contributed by atoms with Crippen molar-refractivity contribution in [3.63, 3.8) is 0 Å². The Morgan fingerprint density at radius 2 is 1.75 bits per heavy atom. The summed E-state index contributed by atoms with van der Waals surface area (Å²) in [5.41, 5.74) is -0.988. The van der Waals surface area contributed by atoms with Gasteiger partial charge in [0.2, 0.25) is 0 Å². The standard InChI is InChI=1S/C8H6F4/c1-4-2-5(9)3-6(7(4)10)8(11)12/h2-3,8H,1H3. The molecule has 12 heavy (non-hydrogen) atoms. The molecule has 0 fully saturated rings. The summed E-state index contributed by atoms with van der Waals surface area (Å²) in [7, 11) is 0. The van der Waals surface area contributed by atoms with E-state index >= 15 is 0 Å². The molecule has 0 saturated heterocycles. The smallest absolute Gasteiger partial charge is 0.207 e. The van der Waals surface area contributed by atoms with E-state index in [1.807, 2.05) is 0 Å². The Bertz CT molecular complexity index is 293. The van der Waals surface area contributed by atoms with Gasteiger partial charge in [-0.1, -0.05) is 0 Å². The van der Waals surface area contributed by atoms with Gasteiger partial charge in [0.05, 0.1) is 5.56 Å². The maximum absolute atomic E-state index is 12.8. The van der Waals surface area contributed by atoms with Crippen LogP contribution in [0.4, 0.5) is 17.6 Å². The minimum atomic E-state index is -2.97. The molecule has 0 unspecified atom stereocenters. The van der Waals surface area contributed by atoms with E-state index in [4.69, 9.17) is 0 Å². The lowest BCUT2D eigenvalue weighted by molar-refractivity contribution is 0.145. The number of rotatable bonds is 1. The summed E-state index contributed by atoms with van der Waals surface area (Å²) >= 11 is 0. The maximum atomic E-state index is 12.8. The first-order chi connectivity index (χ1) is 5.52. The normalized spacial score (nSPS) is 10.8. The van der Waals surface area contributed by atoms with Gasteiger partial charge in [0.25, 0.3) is 6.43 Å². The molecule has 0 atom stereocenters. The molecule has 0 N–H and O–H groups in total. The van der Waals surface area contributed by atoms with Crippen LogP contribution in [0.3, 0.4) is 0 Å². The van der Waals surface area contributed by atoms with E-state index in [0.717, 1.165) is 6.07 Å². The molecule has 1 rings (SSSR count). The number of halogens is 4. The highest BCUT2D eigenvalue weighted by Crippen LogP contribution is 2.24. The minimum Gasteiger partial charge on any atom is -0.207 e. The van der Waals surface area contributed by atoms with Crippen molar-refractivity contribution >= 4 is 0 Å². The zero-order valence-corrected chi connectivity index (χ0v) is 6.24. The van der Waals surface area contributed by atoms with Gasteiger partial charge in [-0.3, -0.25) is 0 Å². The molecule has 0 aliphatic carbocycles. The highest BCUT2D eigenvalue weighted by molar-refractivity contribution is 5.26. The Kier molecular flexibility index (Phi) is 2.35. The van der Waals surface area contributed by atoms with Crippen LogP contribution < -0.4 is 0 Å². The molecule has 1 aromatic carbocycles. The molecule has 0 heterocycles. The summed E-state index contributed by atoms with van der Waals surface area (Å²) in [4.78, 5) is 0. The van der Waals surface area contributed by atoms with Crippen LogP contribution in [0.25, 0.3) is 0 Å². The van der Waals surface area contributed by atoms with Gasteiger partial charge in [0.1, 0.15) is 11.6 Å². The second-order valence-corrected chi connectivity index (χ2v) is 2.43. The number of hydrogen-bond acceptors (Lipinski definition) is 0. The van der Waals surface area contributed by atoms with E-state index < -0.39 is 23.6 Å². The topological polar surface area (TPSA) is 0 Å². The van der Waals surface area contributed by atoms with Crippen molar-refractivity contribution in [2.24, 2.45) is 0 Å². The molecule has 4 heteroatoms. The number of aryl methyl sites for hydroxylation is 1. The van der Waals surface area contributed by atoms with Gasteiger partial charge >= 0.3 is 0 Å². The molecule has 0 nitrogen and oxygen atoms in total. The average Bonchev–Trinajstić information content (AvgIpc) is 1.96. The molecule has 0 aromatic heterocycles. The first kappa shape index (κ1) is 9.03. The summed E-state index contributed by atoms with van der Waals surface area (Å²) in [5, 5.41) is 0. The van der Waals surface area contributed by atoms with Crippen molar-refractivity contribution in [1.29, 1.82) is 0 Å². The number of alkyl halides is 2. The molecule has 0 aliphatic rings. The molecule has 0 saturated carbocycles. The van der Waals surface area contributed by atoms with E-state index in [-0.39, 0.29) is 5.56 Å². The Labute approximate surface area is 66.8 Å². The number of hydrogen-bond donors (Lipinski definition) is 0. The SMILES string of the molecule is Cc1cc(F)cc(C(F)F)c1F. The third-order valence-corrected chi connectivity index (χ3v) is 1.48. The molecule has 0 radical (unpaired) electrons.